The molecular formula is C17H25N3O2S. The van der Waals surface area contributed by atoms with Crippen LogP contribution in [-0.4, -0.2) is 35.9 Å². The summed E-state index contributed by atoms with van der Waals surface area (Å²) in [5.41, 5.74) is 7.80. The molecule has 0 aliphatic carbocycles. The second kappa shape index (κ2) is 5.92. The van der Waals surface area contributed by atoms with Gasteiger partial charge in [-0.05, 0) is 32.8 Å². The van der Waals surface area contributed by atoms with Gasteiger partial charge in [0.1, 0.15) is 4.90 Å². The van der Waals surface area contributed by atoms with Crippen molar-refractivity contribution in [3.63, 3.8) is 0 Å². The Morgan fingerprint density at radius 2 is 1.96 bits per heavy atom. The topological polar surface area (TPSA) is 68.3 Å². The fourth-order valence-electron chi connectivity index (χ4n) is 3.68. The summed E-state index contributed by atoms with van der Waals surface area (Å²) in [6.07, 6.45) is 2.76. The molecule has 23 heavy (non-hydrogen) atoms. The van der Waals surface area contributed by atoms with Crippen molar-refractivity contribution in [3.05, 3.63) is 30.0 Å². The lowest BCUT2D eigenvalue weighted by Crippen LogP contribution is -2.51. The van der Waals surface area contributed by atoms with Gasteiger partial charge in [-0.25, -0.2) is 8.42 Å². The zero-order valence-electron chi connectivity index (χ0n) is 14.0. The van der Waals surface area contributed by atoms with E-state index >= 15 is 0 Å². The molecule has 2 heterocycles. The summed E-state index contributed by atoms with van der Waals surface area (Å²) in [5, 5.41) is 0.793. The van der Waals surface area contributed by atoms with Gasteiger partial charge in [-0.1, -0.05) is 24.6 Å². The fourth-order valence-corrected chi connectivity index (χ4v) is 5.90. The van der Waals surface area contributed by atoms with Gasteiger partial charge < -0.3 is 10.3 Å². The minimum atomic E-state index is -3.56. The molecule has 0 bridgehead atoms. The summed E-state index contributed by atoms with van der Waals surface area (Å²) in [5.74, 6) is 0. The number of sulfonamides is 1. The SMILES string of the molecule is Cc1c(S(=O)(=O)N2CCCCC2C(C)N)c2ccccc2n1C. The zero-order chi connectivity index (χ0) is 16.8. The minimum Gasteiger partial charge on any atom is -0.347 e. The van der Waals surface area contributed by atoms with Crippen molar-refractivity contribution < 1.29 is 8.42 Å². The number of rotatable bonds is 3. The van der Waals surface area contributed by atoms with Crippen molar-refractivity contribution in [1.82, 2.24) is 8.87 Å². The van der Waals surface area contributed by atoms with E-state index in [1.165, 1.54) is 0 Å². The largest absolute Gasteiger partial charge is 0.347 e. The molecule has 1 aliphatic heterocycles. The molecule has 3 rings (SSSR count). The van der Waals surface area contributed by atoms with Crippen molar-refractivity contribution in [2.45, 2.75) is 50.1 Å². The van der Waals surface area contributed by atoms with E-state index in [0.29, 0.717) is 11.4 Å². The zero-order valence-corrected chi connectivity index (χ0v) is 14.8. The summed E-state index contributed by atoms with van der Waals surface area (Å²) in [7, 11) is -1.65. The molecule has 1 fully saturated rings. The second-order valence-electron chi connectivity index (χ2n) is 6.53. The second-order valence-corrected chi connectivity index (χ2v) is 8.36. The Morgan fingerprint density at radius 1 is 1.26 bits per heavy atom. The molecule has 126 valence electrons. The van der Waals surface area contributed by atoms with Crippen LogP contribution in [0, 0.1) is 6.92 Å². The van der Waals surface area contributed by atoms with Gasteiger partial charge in [0.15, 0.2) is 0 Å². The molecule has 2 aromatic rings. The Balaban J connectivity index is 2.19. The molecular weight excluding hydrogens is 310 g/mol. The number of aromatic nitrogens is 1. The van der Waals surface area contributed by atoms with E-state index in [4.69, 9.17) is 5.73 Å². The normalized spacial score (nSPS) is 21.7. The number of fused-ring (bicyclic) bond motifs is 1. The van der Waals surface area contributed by atoms with E-state index in [2.05, 4.69) is 0 Å². The van der Waals surface area contributed by atoms with Gasteiger partial charge in [0.05, 0.1) is 0 Å². The quantitative estimate of drug-likeness (QED) is 0.936. The summed E-state index contributed by atoms with van der Waals surface area (Å²) >= 11 is 0. The third-order valence-electron chi connectivity index (χ3n) is 5.01. The smallest absolute Gasteiger partial charge is 0.245 e. The maximum Gasteiger partial charge on any atom is 0.245 e. The molecule has 1 aromatic heterocycles. The van der Waals surface area contributed by atoms with Gasteiger partial charge in [-0.15, -0.1) is 0 Å². The van der Waals surface area contributed by atoms with Crippen LogP contribution in [0.5, 0.6) is 0 Å². The maximum atomic E-state index is 13.4. The Bertz CT molecular complexity index is 824. The molecule has 2 unspecified atom stereocenters. The van der Waals surface area contributed by atoms with Crippen molar-refractivity contribution in [2.75, 3.05) is 6.54 Å². The van der Waals surface area contributed by atoms with E-state index in [1.54, 1.807) is 4.31 Å². The highest BCUT2D eigenvalue weighted by molar-refractivity contribution is 7.89. The standard InChI is InChI=1S/C17H25N3O2S/c1-12(18)15-9-6-7-11-20(15)23(21,22)17-13(2)19(3)16-10-5-4-8-14(16)17/h4-5,8,10,12,15H,6-7,9,11,18H2,1-3H3. The maximum absolute atomic E-state index is 13.4. The Kier molecular flexibility index (Phi) is 4.25. The number of hydrogen-bond acceptors (Lipinski definition) is 3. The molecule has 6 heteroatoms. The van der Waals surface area contributed by atoms with Gasteiger partial charge in [-0.2, -0.15) is 4.31 Å². The van der Waals surface area contributed by atoms with E-state index in [1.807, 2.05) is 49.7 Å². The van der Waals surface area contributed by atoms with Crippen LogP contribution in [0.1, 0.15) is 31.9 Å². The lowest BCUT2D eigenvalue weighted by Gasteiger charge is -2.37. The first kappa shape index (κ1) is 16.5. The van der Waals surface area contributed by atoms with Gasteiger partial charge >= 0.3 is 0 Å². The highest BCUT2D eigenvalue weighted by Crippen LogP contribution is 2.34. The van der Waals surface area contributed by atoms with Crippen molar-refractivity contribution in [3.8, 4) is 0 Å². The number of piperidine rings is 1. The number of nitrogens with two attached hydrogens (primary N) is 1. The molecule has 0 amide bonds. The highest BCUT2D eigenvalue weighted by Gasteiger charge is 2.37. The number of benzene rings is 1. The molecule has 0 saturated carbocycles. The van der Waals surface area contributed by atoms with E-state index < -0.39 is 10.0 Å². The van der Waals surface area contributed by atoms with E-state index in [9.17, 15) is 8.42 Å². The van der Waals surface area contributed by atoms with Crippen LogP contribution in [-0.2, 0) is 17.1 Å². The van der Waals surface area contributed by atoms with Gasteiger partial charge in [-0.3, -0.25) is 0 Å². The number of nitrogens with zero attached hydrogens (tertiary/aromatic N) is 2. The molecule has 1 saturated heterocycles. The number of hydrogen-bond donors (Lipinski definition) is 1. The fraction of sp³-hybridized carbons (Fsp3) is 0.529. The van der Waals surface area contributed by atoms with Crippen LogP contribution in [0.2, 0.25) is 0 Å². The van der Waals surface area contributed by atoms with Crippen molar-refractivity contribution >= 4 is 20.9 Å². The summed E-state index contributed by atoms with van der Waals surface area (Å²) in [4.78, 5) is 0.433. The molecule has 2 N–H and O–H groups in total. The first-order valence-electron chi connectivity index (χ1n) is 8.17. The molecule has 0 radical (unpaired) electrons. The molecule has 5 nitrogen and oxygen atoms in total. The van der Waals surface area contributed by atoms with Crippen LogP contribution < -0.4 is 5.73 Å². The third kappa shape index (κ3) is 2.58. The predicted molar refractivity (Wildman–Crippen MR) is 92.8 cm³/mol. The van der Waals surface area contributed by atoms with Crippen molar-refractivity contribution in [1.29, 1.82) is 0 Å². The average Bonchev–Trinajstić information content (AvgIpc) is 2.79. The number of aryl methyl sites for hydroxylation is 1. The van der Waals surface area contributed by atoms with Crippen LogP contribution in [0.3, 0.4) is 0 Å². The monoisotopic (exact) mass is 335 g/mol. The summed E-state index contributed by atoms with van der Waals surface area (Å²) in [6, 6.07) is 7.39. The first-order chi connectivity index (χ1) is 10.9. The van der Waals surface area contributed by atoms with Crippen LogP contribution in [0.4, 0.5) is 0 Å². The third-order valence-corrected chi connectivity index (χ3v) is 7.12. The van der Waals surface area contributed by atoms with Gasteiger partial charge in [0, 0.05) is 42.3 Å². The Hall–Kier alpha value is -1.37. The summed E-state index contributed by atoms with van der Waals surface area (Å²) < 4.78 is 30.4. The van der Waals surface area contributed by atoms with Crippen LogP contribution >= 0.6 is 0 Å². The molecule has 1 aromatic carbocycles. The van der Waals surface area contributed by atoms with Crippen LogP contribution in [0.25, 0.3) is 10.9 Å². The molecule has 0 spiro atoms. The van der Waals surface area contributed by atoms with Gasteiger partial charge in [0.25, 0.3) is 0 Å². The summed E-state index contributed by atoms with van der Waals surface area (Å²) in [6.45, 7) is 4.32. The van der Waals surface area contributed by atoms with E-state index in [-0.39, 0.29) is 12.1 Å². The van der Waals surface area contributed by atoms with E-state index in [0.717, 1.165) is 35.9 Å². The highest BCUT2D eigenvalue weighted by atomic mass is 32.2. The minimum absolute atomic E-state index is 0.118. The number of para-hydroxylation sites is 1. The molecule has 1 aliphatic rings. The molecule has 2 atom stereocenters. The average molecular weight is 335 g/mol. The van der Waals surface area contributed by atoms with Crippen molar-refractivity contribution in [2.24, 2.45) is 12.8 Å². The predicted octanol–water partition coefficient (Wildman–Crippen LogP) is 2.38. The Labute approximate surface area is 138 Å². The van der Waals surface area contributed by atoms with Crippen LogP contribution in [0.15, 0.2) is 29.2 Å². The Morgan fingerprint density at radius 3 is 2.65 bits per heavy atom. The lowest BCUT2D eigenvalue weighted by atomic mass is 10.00. The first-order valence-corrected chi connectivity index (χ1v) is 9.61. The van der Waals surface area contributed by atoms with Gasteiger partial charge in [0.2, 0.25) is 10.0 Å². The lowest BCUT2D eigenvalue weighted by molar-refractivity contribution is 0.227.